The van der Waals surface area contributed by atoms with Gasteiger partial charge in [0.2, 0.25) is 0 Å². The number of hydrogen-bond acceptors (Lipinski definition) is 3. The number of methoxy groups -OCH3 is 1. The van der Waals surface area contributed by atoms with Crippen LogP contribution in [-0.4, -0.2) is 12.2 Å². The van der Waals surface area contributed by atoms with Crippen molar-refractivity contribution in [2.24, 2.45) is 0 Å². The molecule has 0 fully saturated rings. The molecule has 122 valence electrons. The van der Waals surface area contributed by atoms with Crippen molar-refractivity contribution >= 4 is 11.8 Å². The second-order valence-electron chi connectivity index (χ2n) is 7.38. The molecule has 0 saturated carbocycles. The second-order valence-corrected chi connectivity index (χ2v) is 8.36. The van der Waals surface area contributed by atoms with Crippen molar-refractivity contribution in [3.8, 4) is 5.75 Å². The lowest BCUT2D eigenvalue weighted by molar-refractivity contribution is 0.338. The molecule has 0 aliphatic rings. The summed E-state index contributed by atoms with van der Waals surface area (Å²) in [6, 6.07) is 4.17. The number of ether oxygens (including phenoxy) is 1. The topological polar surface area (TPSA) is 29.5 Å². The van der Waals surface area contributed by atoms with Crippen LogP contribution >= 0.6 is 11.8 Å². The summed E-state index contributed by atoms with van der Waals surface area (Å²) in [7, 11) is 1.63. The minimum absolute atomic E-state index is 0.0969. The Labute approximate surface area is 139 Å². The average Bonchev–Trinajstić information content (AvgIpc) is 2.37. The van der Waals surface area contributed by atoms with Crippen LogP contribution < -0.4 is 0 Å². The Hall–Kier alpha value is -1.35. The standard InChI is InChI=1S/C19H28O2S/c1-18(2,3)15-12-14(22-11-9-8-10-21-7)13-16(17(15)20)19(4,5)6/h8-13,20H,1-7H3. The monoisotopic (exact) mass is 320 g/mol. The zero-order valence-electron chi connectivity index (χ0n) is 14.7. The summed E-state index contributed by atoms with van der Waals surface area (Å²) in [5.41, 5.74) is 1.78. The van der Waals surface area contributed by atoms with Crippen LogP contribution in [0, 0.1) is 0 Å². The number of rotatable bonds is 4. The average molecular weight is 320 g/mol. The van der Waals surface area contributed by atoms with Crippen molar-refractivity contribution in [2.75, 3.05) is 7.11 Å². The molecule has 0 aliphatic heterocycles. The maximum Gasteiger partial charge on any atom is 0.123 e. The first-order valence-corrected chi connectivity index (χ1v) is 8.34. The van der Waals surface area contributed by atoms with E-state index in [4.69, 9.17) is 4.74 Å². The fourth-order valence-corrected chi connectivity index (χ4v) is 2.80. The highest BCUT2D eigenvalue weighted by atomic mass is 32.2. The van der Waals surface area contributed by atoms with Crippen molar-refractivity contribution in [3.63, 3.8) is 0 Å². The number of phenols is 1. The van der Waals surface area contributed by atoms with E-state index in [1.165, 1.54) is 0 Å². The van der Waals surface area contributed by atoms with Crippen molar-refractivity contribution in [1.29, 1.82) is 0 Å². The van der Waals surface area contributed by atoms with E-state index in [9.17, 15) is 5.11 Å². The first kappa shape index (κ1) is 18.7. The van der Waals surface area contributed by atoms with Gasteiger partial charge in [-0.3, -0.25) is 0 Å². The second kappa shape index (κ2) is 7.28. The summed E-state index contributed by atoms with van der Waals surface area (Å²) < 4.78 is 4.86. The maximum atomic E-state index is 10.7. The molecule has 1 rings (SSSR count). The molecule has 0 heterocycles. The van der Waals surface area contributed by atoms with Gasteiger partial charge < -0.3 is 9.84 Å². The third-order valence-electron chi connectivity index (χ3n) is 3.31. The van der Waals surface area contributed by atoms with Crippen molar-refractivity contribution in [3.05, 3.63) is 47.1 Å². The quantitative estimate of drug-likeness (QED) is 0.435. The molecular formula is C19H28O2S. The van der Waals surface area contributed by atoms with Crippen LogP contribution in [-0.2, 0) is 15.6 Å². The van der Waals surface area contributed by atoms with Crippen LogP contribution in [0.25, 0.3) is 0 Å². The van der Waals surface area contributed by atoms with Crippen LogP contribution in [0.3, 0.4) is 0 Å². The molecule has 1 N–H and O–H groups in total. The minimum atomic E-state index is -0.0969. The number of phenolic OH excluding ortho intramolecular Hbond substituents is 1. The molecule has 0 aliphatic carbocycles. The number of hydrogen-bond donors (Lipinski definition) is 1. The molecular weight excluding hydrogens is 292 g/mol. The Balaban J connectivity index is 3.24. The maximum absolute atomic E-state index is 10.7. The van der Waals surface area contributed by atoms with E-state index in [0.29, 0.717) is 5.75 Å². The van der Waals surface area contributed by atoms with Crippen LogP contribution in [0.15, 0.2) is 40.9 Å². The van der Waals surface area contributed by atoms with Gasteiger partial charge in [0.1, 0.15) is 5.75 Å². The van der Waals surface area contributed by atoms with Gasteiger partial charge in [-0.25, -0.2) is 0 Å². The predicted octanol–water partition coefficient (Wildman–Crippen LogP) is 5.75. The third kappa shape index (κ3) is 5.13. The lowest BCUT2D eigenvalue weighted by atomic mass is 9.79. The lowest BCUT2D eigenvalue weighted by Gasteiger charge is -2.28. The van der Waals surface area contributed by atoms with Crippen LogP contribution in [0.2, 0.25) is 0 Å². The van der Waals surface area contributed by atoms with Gasteiger partial charge in [0.25, 0.3) is 0 Å². The first-order chi connectivity index (χ1) is 10.1. The Morgan fingerprint density at radius 2 is 1.45 bits per heavy atom. The summed E-state index contributed by atoms with van der Waals surface area (Å²) in [5, 5.41) is 12.7. The van der Waals surface area contributed by atoms with Gasteiger partial charge in [-0.2, -0.15) is 0 Å². The molecule has 0 bridgehead atoms. The molecule has 0 spiro atoms. The molecule has 0 unspecified atom stereocenters. The first-order valence-electron chi connectivity index (χ1n) is 7.46. The summed E-state index contributed by atoms with van der Waals surface area (Å²) in [6.45, 7) is 12.8. The van der Waals surface area contributed by atoms with E-state index in [-0.39, 0.29) is 10.8 Å². The van der Waals surface area contributed by atoms with E-state index in [0.717, 1.165) is 16.0 Å². The van der Waals surface area contributed by atoms with Crippen LogP contribution in [0.5, 0.6) is 5.75 Å². The molecule has 22 heavy (non-hydrogen) atoms. The SMILES string of the molecule is COC=CC=CSc1cc(C(C)(C)C)c(O)c(C(C)(C)C)c1. The van der Waals surface area contributed by atoms with Crippen LogP contribution in [0.4, 0.5) is 0 Å². The van der Waals surface area contributed by atoms with Crippen molar-refractivity contribution < 1.29 is 9.84 Å². The van der Waals surface area contributed by atoms with Gasteiger partial charge in [-0.05, 0) is 34.4 Å². The Bertz CT molecular complexity index is 523. The van der Waals surface area contributed by atoms with Gasteiger partial charge >= 0.3 is 0 Å². The zero-order valence-corrected chi connectivity index (χ0v) is 15.5. The number of thioether (sulfide) groups is 1. The summed E-state index contributed by atoms with van der Waals surface area (Å²) in [4.78, 5) is 1.13. The highest BCUT2D eigenvalue weighted by molar-refractivity contribution is 8.02. The van der Waals surface area contributed by atoms with Gasteiger partial charge in [0.15, 0.2) is 0 Å². The van der Waals surface area contributed by atoms with Crippen molar-refractivity contribution in [1.82, 2.24) is 0 Å². The number of benzene rings is 1. The van der Waals surface area contributed by atoms with E-state index in [2.05, 4.69) is 53.7 Å². The molecule has 0 atom stereocenters. The van der Waals surface area contributed by atoms with Gasteiger partial charge in [-0.1, -0.05) is 59.4 Å². The molecule has 0 saturated heterocycles. The summed E-state index contributed by atoms with van der Waals surface area (Å²) >= 11 is 1.64. The minimum Gasteiger partial charge on any atom is -0.507 e. The predicted molar refractivity (Wildman–Crippen MR) is 96.7 cm³/mol. The van der Waals surface area contributed by atoms with Gasteiger partial charge in [-0.15, -0.1) is 0 Å². The molecule has 2 nitrogen and oxygen atoms in total. The Kier molecular flexibility index (Phi) is 6.18. The Morgan fingerprint density at radius 3 is 1.86 bits per heavy atom. The highest BCUT2D eigenvalue weighted by Crippen LogP contribution is 2.41. The van der Waals surface area contributed by atoms with Gasteiger partial charge in [0.05, 0.1) is 13.4 Å². The molecule has 1 aromatic carbocycles. The van der Waals surface area contributed by atoms with E-state index in [1.54, 1.807) is 25.1 Å². The zero-order chi connectivity index (χ0) is 17.0. The molecule has 1 aromatic rings. The number of allylic oxidation sites excluding steroid dienone is 2. The van der Waals surface area contributed by atoms with E-state index < -0.39 is 0 Å². The van der Waals surface area contributed by atoms with Crippen molar-refractivity contribution in [2.45, 2.75) is 57.3 Å². The van der Waals surface area contributed by atoms with E-state index >= 15 is 0 Å². The molecule has 0 amide bonds. The summed E-state index contributed by atoms with van der Waals surface area (Å²) in [5.74, 6) is 0.424. The third-order valence-corrected chi connectivity index (χ3v) is 4.11. The van der Waals surface area contributed by atoms with Crippen LogP contribution in [0.1, 0.15) is 52.7 Å². The fourth-order valence-electron chi connectivity index (χ4n) is 2.11. The number of aromatic hydroxyl groups is 1. The molecule has 3 heteroatoms. The fraction of sp³-hybridized carbons (Fsp3) is 0.474. The smallest absolute Gasteiger partial charge is 0.123 e. The highest BCUT2D eigenvalue weighted by Gasteiger charge is 2.26. The van der Waals surface area contributed by atoms with Gasteiger partial charge in [0, 0.05) is 16.0 Å². The largest absolute Gasteiger partial charge is 0.507 e. The summed E-state index contributed by atoms with van der Waals surface area (Å²) in [6.07, 6.45) is 5.42. The van der Waals surface area contributed by atoms with E-state index in [1.807, 2.05) is 17.6 Å². The normalized spacial score (nSPS) is 13.2. The molecule has 0 radical (unpaired) electrons. The molecule has 0 aromatic heterocycles. The lowest BCUT2D eigenvalue weighted by Crippen LogP contribution is -2.17. The Morgan fingerprint density at radius 1 is 0.955 bits per heavy atom.